The molecule has 2 nitrogen and oxygen atoms in total. The van der Waals surface area contributed by atoms with Crippen LogP contribution in [0.3, 0.4) is 0 Å². The van der Waals surface area contributed by atoms with Gasteiger partial charge in [0.15, 0.2) is 0 Å². The predicted octanol–water partition coefficient (Wildman–Crippen LogP) is 4.34. The molecule has 1 heterocycles. The van der Waals surface area contributed by atoms with E-state index < -0.39 is 0 Å². The molecule has 88 valence electrons. The quantitative estimate of drug-likeness (QED) is 0.891. The summed E-state index contributed by atoms with van der Waals surface area (Å²) in [5.74, 6) is 0.331. The van der Waals surface area contributed by atoms with Crippen LogP contribution >= 0.6 is 15.9 Å². The van der Waals surface area contributed by atoms with E-state index in [2.05, 4.69) is 26.2 Å². The Hall–Kier alpha value is -1.42. The largest absolute Gasteiger partial charge is 0.337 e. The Balaban J connectivity index is 2.31. The third-order valence-electron chi connectivity index (χ3n) is 2.36. The van der Waals surface area contributed by atoms with Crippen LogP contribution in [0.1, 0.15) is 11.1 Å². The van der Waals surface area contributed by atoms with Gasteiger partial charge in [0.1, 0.15) is 11.6 Å². The Bertz CT molecular complexity index is 506. The second-order valence-corrected chi connectivity index (χ2v) is 4.81. The van der Waals surface area contributed by atoms with Crippen molar-refractivity contribution < 1.29 is 4.39 Å². The van der Waals surface area contributed by atoms with Gasteiger partial charge in [0, 0.05) is 6.20 Å². The van der Waals surface area contributed by atoms with Gasteiger partial charge in [0.05, 0.1) is 10.2 Å². The first-order valence-electron chi connectivity index (χ1n) is 5.21. The van der Waals surface area contributed by atoms with E-state index in [0.717, 1.165) is 15.6 Å². The van der Waals surface area contributed by atoms with Crippen LogP contribution in [0.25, 0.3) is 0 Å². The van der Waals surface area contributed by atoms with Gasteiger partial charge >= 0.3 is 0 Å². The van der Waals surface area contributed by atoms with E-state index in [1.807, 2.05) is 26.0 Å². The lowest BCUT2D eigenvalue weighted by Crippen LogP contribution is -1.97. The maximum absolute atomic E-state index is 13.6. The monoisotopic (exact) mass is 294 g/mol. The number of rotatable bonds is 2. The Morgan fingerprint density at radius 3 is 2.59 bits per heavy atom. The molecule has 0 unspecified atom stereocenters. The fourth-order valence-corrected chi connectivity index (χ4v) is 2.04. The number of halogens is 2. The van der Waals surface area contributed by atoms with E-state index in [4.69, 9.17) is 0 Å². The van der Waals surface area contributed by atoms with Crippen molar-refractivity contribution in [1.82, 2.24) is 4.98 Å². The van der Waals surface area contributed by atoms with Gasteiger partial charge in [-0.15, -0.1) is 0 Å². The highest BCUT2D eigenvalue weighted by molar-refractivity contribution is 9.10. The lowest BCUT2D eigenvalue weighted by molar-refractivity contribution is 0.630. The van der Waals surface area contributed by atoms with Crippen molar-refractivity contribution in [3.8, 4) is 0 Å². The molecular weight excluding hydrogens is 283 g/mol. The van der Waals surface area contributed by atoms with E-state index in [9.17, 15) is 4.39 Å². The minimum absolute atomic E-state index is 0.278. The van der Waals surface area contributed by atoms with Crippen molar-refractivity contribution in [3.63, 3.8) is 0 Å². The Labute approximate surface area is 108 Å². The standard InChI is InChI=1S/C13H12BrFN2/c1-8-3-4-12(11(15)6-8)17-13-10(14)5-9(2)7-16-13/h3-7H,1-2H3,(H,16,17). The zero-order valence-corrected chi connectivity index (χ0v) is 11.2. The molecule has 0 bridgehead atoms. The summed E-state index contributed by atoms with van der Waals surface area (Å²) in [6, 6.07) is 6.98. The first-order valence-corrected chi connectivity index (χ1v) is 6.01. The van der Waals surface area contributed by atoms with Gasteiger partial charge in [0.25, 0.3) is 0 Å². The van der Waals surface area contributed by atoms with Crippen molar-refractivity contribution in [1.29, 1.82) is 0 Å². The second-order valence-electron chi connectivity index (χ2n) is 3.95. The molecule has 1 aromatic heterocycles. The van der Waals surface area contributed by atoms with Gasteiger partial charge in [-0.25, -0.2) is 9.37 Å². The van der Waals surface area contributed by atoms with E-state index in [-0.39, 0.29) is 5.82 Å². The minimum Gasteiger partial charge on any atom is -0.337 e. The lowest BCUT2D eigenvalue weighted by Gasteiger charge is -2.09. The molecule has 1 N–H and O–H groups in total. The van der Waals surface area contributed by atoms with Crippen molar-refractivity contribution in [2.24, 2.45) is 0 Å². The molecule has 0 aliphatic rings. The summed E-state index contributed by atoms with van der Waals surface area (Å²) >= 11 is 3.40. The van der Waals surface area contributed by atoms with E-state index in [0.29, 0.717) is 11.5 Å². The number of aromatic nitrogens is 1. The maximum Gasteiger partial charge on any atom is 0.146 e. The van der Waals surface area contributed by atoms with Gasteiger partial charge in [-0.1, -0.05) is 6.07 Å². The van der Waals surface area contributed by atoms with Gasteiger partial charge in [-0.05, 0) is 59.1 Å². The van der Waals surface area contributed by atoms with Crippen molar-refractivity contribution >= 4 is 27.4 Å². The molecule has 4 heteroatoms. The number of anilines is 2. The molecule has 0 saturated heterocycles. The van der Waals surface area contributed by atoms with Crippen LogP contribution in [0, 0.1) is 19.7 Å². The highest BCUT2D eigenvalue weighted by atomic mass is 79.9. The number of pyridine rings is 1. The van der Waals surface area contributed by atoms with E-state index >= 15 is 0 Å². The normalized spacial score (nSPS) is 10.4. The summed E-state index contributed by atoms with van der Waals surface area (Å²) in [7, 11) is 0. The van der Waals surface area contributed by atoms with Crippen LogP contribution < -0.4 is 5.32 Å². The van der Waals surface area contributed by atoms with E-state index in [1.165, 1.54) is 6.07 Å². The Morgan fingerprint density at radius 1 is 1.18 bits per heavy atom. The Kier molecular flexibility index (Phi) is 3.43. The molecule has 0 amide bonds. The van der Waals surface area contributed by atoms with E-state index in [1.54, 1.807) is 12.3 Å². The lowest BCUT2D eigenvalue weighted by atomic mass is 10.2. The fourth-order valence-electron chi connectivity index (χ4n) is 1.47. The minimum atomic E-state index is -0.278. The molecule has 0 saturated carbocycles. The first kappa shape index (κ1) is 12.0. The van der Waals surface area contributed by atoms with Gasteiger partial charge in [0.2, 0.25) is 0 Å². The summed E-state index contributed by atoms with van der Waals surface area (Å²) in [4.78, 5) is 4.21. The SMILES string of the molecule is Cc1ccc(Nc2ncc(C)cc2Br)c(F)c1. The molecule has 0 atom stereocenters. The number of aryl methyl sites for hydroxylation is 2. The van der Waals surface area contributed by atoms with Crippen LogP contribution in [-0.4, -0.2) is 4.98 Å². The third-order valence-corrected chi connectivity index (χ3v) is 2.96. The number of nitrogens with zero attached hydrogens (tertiary/aromatic N) is 1. The van der Waals surface area contributed by atoms with Gasteiger partial charge in [-0.2, -0.15) is 0 Å². The summed E-state index contributed by atoms with van der Waals surface area (Å²) < 4.78 is 14.5. The molecule has 17 heavy (non-hydrogen) atoms. The van der Waals surface area contributed by atoms with Crippen LogP contribution in [0.5, 0.6) is 0 Å². The summed E-state index contributed by atoms with van der Waals surface area (Å²) in [5, 5.41) is 2.96. The molecular formula is C13H12BrFN2. The molecule has 0 aliphatic heterocycles. The van der Waals surface area contributed by atoms with Gasteiger partial charge in [-0.3, -0.25) is 0 Å². The first-order chi connectivity index (χ1) is 8.06. The average molecular weight is 295 g/mol. The molecule has 0 fully saturated rings. The number of hydrogen-bond acceptors (Lipinski definition) is 2. The zero-order valence-electron chi connectivity index (χ0n) is 9.59. The highest BCUT2D eigenvalue weighted by Gasteiger charge is 2.06. The smallest absolute Gasteiger partial charge is 0.146 e. The maximum atomic E-state index is 13.6. The molecule has 2 aromatic rings. The van der Waals surface area contributed by atoms with Crippen LogP contribution in [0.4, 0.5) is 15.9 Å². The summed E-state index contributed by atoms with van der Waals surface area (Å²) in [6.07, 6.45) is 1.74. The zero-order chi connectivity index (χ0) is 12.4. The van der Waals surface area contributed by atoms with Crippen molar-refractivity contribution in [3.05, 3.63) is 51.9 Å². The highest BCUT2D eigenvalue weighted by Crippen LogP contribution is 2.26. The average Bonchev–Trinajstić information content (AvgIpc) is 2.25. The molecule has 2 rings (SSSR count). The molecule has 1 aromatic carbocycles. The summed E-state index contributed by atoms with van der Waals surface area (Å²) in [6.45, 7) is 3.81. The van der Waals surface area contributed by atoms with Crippen LogP contribution in [0.15, 0.2) is 34.9 Å². The number of nitrogens with one attached hydrogen (secondary N) is 1. The molecule has 0 aliphatic carbocycles. The van der Waals surface area contributed by atoms with Crippen LogP contribution in [0.2, 0.25) is 0 Å². The summed E-state index contributed by atoms with van der Waals surface area (Å²) in [5.41, 5.74) is 2.36. The second kappa shape index (κ2) is 4.84. The number of benzene rings is 1. The topological polar surface area (TPSA) is 24.9 Å². The van der Waals surface area contributed by atoms with Crippen LogP contribution in [-0.2, 0) is 0 Å². The Morgan fingerprint density at radius 2 is 1.94 bits per heavy atom. The third kappa shape index (κ3) is 2.82. The van der Waals surface area contributed by atoms with Crippen molar-refractivity contribution in [2.75, 3.05) is 5.32 Å². The number of hydrogen-bond donors (Lipinski definition) is 1. The fraction of sp³-hybridized carbons (Fsp3) is 0.154. The van der Waals surface area contributed by atoms with Crippen molar-refractivity contribution in [2.45, 2.75) is 13.8 Å². The predicted molar refractivity (Wildman–Crippen MR) is 71.1 cm³/mol. The molecule has 0 radical (unpaired) electrons. The van der Waals surface area contributed by atoms with Gasteiger partial charge < -0.3 is 5.32 Å². The molecule has 0 spiro atoms.